The first-order valence-electron chi connectivity index (χ1n) is 7.65. The smallest absolute Gasteiger partial charge is 0.222 e. The van der Waals surface area contributed by atoms with Gasteiger partial charge in [-0.3, -0.25) is 0 Å². The van der Waals surface area contributed by atoms with Crippen LogP contribution in [-0.2, 0) is 10.0 Å². The fourth-order valence-corrected chi connectivity index (χ4v) is 2.90. The molecule has 130 valence electrons. The first-order chi connectivity index (χ1) is 11.2. The van der Waals surface area contributed by atoms with E-state index in [-0.39, 0.29) is 5.95 Å². The van der Waals surface area contributed by atoms with Gasteiger partial charge in [-0.15, -0.1) is 0 Å². The lowest BCUT2D eigenvalue weighted by Gasteiger charge is -2.10. The minimum Gasteiger partial charge on any atom is -0.370 e. The summed E-state index contributed by atoms with van der Waals surface area (Å²) in [5.41, 5.74) is 9.86. The molecule has 0 fully saturated rings. The highest BCUT2D eigenvalue weighted by molar-refractivity contribution is 7.88. The van der Waals surface area contributed by atoms with Crippen LogP contribution in [0, 0.1) is 13.8 Å². The predicted octanol–water partition coefficient (Wildman–Crippen LogP) is 1.69. The molecule has 1 aromatic carbocycles. The molecule has 0 spiro atoms. The average molecular weight is 349 g/mol. The van der Waals surface area contributed by atoms with Crippen LogP contribution < -0.4 is 15.8 Å². The number of aryl methyl sites for hydroxylation is 2. The number of hydrogen-bond acceptors (Lipinski definition) is 6. The van der Waals surface area contributed by atoms with Crippen LogP contribution in [0.5, 0.6) is 0 Å². The Hall–Kier alpha value is -2.19. The number of rotatable bonds is 7. The highest BCUT2D eigenvalue weighted by Crippen LogP contribution is 2.23. The number of hydrogen-bond donors (Lipinski definition) is 3. The van der Waals surface area contributed by atoms with E-state index < -0.39 is 10.0 Å². The molecule has 1 heterocycles. The summed E-state index contributed by atoms with van der Waals surface area (Å²) in [6.07, 6.45) is 1.78. The highest BCUT2D eigenvalue weighted by atomic mass is 32.2. The monoisotopic (exact) mass is 349 g/mol. The van der Waals surface area contributed by atoms with Crippen LogP contribution in [0.3, 0.4) is 0 Å². The lowest BCUT2D eigenvalue weighted by molar-refractivity contribution is 0.586. The van der Waals surface area contributed by atoms with Crippen molar-refractivity contribution in [2.45, 2.75) is 20.3 Å². The fraction of sp³-hybridized carbons (Fsp3) is 0.375. The summed E-state index contributed by atoms with van der Waals surface area (Å²) >= 11 is 0. The van der Waals surface area contributed by atoms with Gasteiger partial charge in [0, 0.05) is 24.7 Å². The van der Waals surface area contributed by atoms with E-state index in [1.165, 1.54) is 0 Å². The Morgan fingerprint density at radius 2 is 1.71 bits per heavy atom. The van der Waals surface area contributed by atoms with Crippen LogP contribution in [0.25, 0.3) is 11.3 Å². The van der Waals surface area contributed by atoms with Gasteiger partial charge in [0.25, 0.3) is 0 Å². The van der Waals surface area contributed by atoms with E-state index in [1.54, 1.807) is 0 Å². The fourth-order valence-electron chi connectivity index (χ4n) is 2.39. The summed E-state index contributed by atoms with van der Waals surface area (Å²) in [6.45, 7) is 5.02. The zero-order chi connectivity index (χ0) is 17.7. The minimum absolute atomic E-state index is 0.198. The zero-order valence-corrected chi connectivity index (χ0v) is 14.9. The maximum Gasteiger partial charge on any atom is 0.222 e. The molecule has 0 aliphatic carbocycles. The second-order valence-electron chi connectivity index (χ2n) is 5.82. The van der Waals surface area contributed by atoms with E-state index in [2.05, 4.69) is 38.2 Å². The molecule has 2 aromatic rings. The van der Waals surface area contributed by atoms with E-state index in [4.69, 9.17) is 5.73 Å². The summed E-state index contributed by atoms with van der Waals surface area (Å²) in [4.78, 5) is 8.47. The number of sulfonamides is 1. The number of nitrogens with two attached hydrogens (primary N) is 1. The van der Waals surface area contributed by atoms with Gasteiger partial charge >= 0.3 is 0 Å². The Balaban J connectivity index is 2.06. The van der Waals surface area contributed by atoms with Gasteiger partial charge in [-0.05, 0) is 32.4 Å². The SMILES string of the molecule is Cc1cc(C)cc(-c2cc(NCCCNS(C)(=O)=O)nc(N)n2)c1. The molecule has 0 saturated heterocycles. The topological polar surface area (TPSA) is 110 Å². The molecule has 0 saturated carbocycles. The predicted molar refractivity (Wildman–Crippen MR) is 97.3 cm³/mol. The normalized spacial score (nSPS) is 11.5. The van der Waals surface area contributed by atoms with Crippen molar-refractivity contribution in [2.75, 3.05) is 30.4 Å². The van der Waals surface area contributed by atoms with E-state index in [9.17, 15) is 8.42 Å². The molecule has 0 aliphatic rings. The average Bonchev–Trinajstić information content (AvgIpc) is 2.44. The molecule has 0 bridgehead atoms. The van der Waals surface area contributed by atoms with Crippen LogP contribution in [-0.4, -0.2) is 37.7 Å². The van der Waals surface area contributed by atoms with Gasteiger partial charge in [-0.25, -0.2) is 18.1 Å². The number of aromatic nitrogens is 2. The van der Waals surface area contributed by atoms with Crippen LogP contribution in [0.1, 0.15) is 17.5 Å². The molecule has 7 nitrogen and oxygen atoms in total. The van der Waals surface area contributed by atoms with E-state index >= 15 is 0 Å². The Morgan fingerprint density at radius 3 is 2.33 bits per heavy atom. The number of nitrogens with zero attached hydrogens (tertiary/aromatic N) is 2. The molecule has 4 N–H and O–H groups in total. The van der Waals surface area contributed by atoms with Crippen LogP contribution >= 0.6 is 0 Å². The lowest BCUT2D eigenvalue weighted by atomic mass is 10.0. The Bertz CT molecular complexity index is 801. The van der Waals surface area contributed by atoms with Crippen molar-refractivity contribution in [3.05, 3.63) is 35.4 Å². The van der Waals surface area contributed by atoms with Gasteiger partial charge in [-0.2, -0.15) is 4.98 Å². The van der Waals surface area contributed by atoms with Crippen molar-refractivity contribution >= 4 is 21.8 Å². The molecule has 0 unspecified atom stereocenters. The lowest BCUT2D eigenvalue weighted by Crippen LogP contribution is -2.24. The van der Waals surface area contributed by atoms with E-state index in [0.717, 1.165) is 28.6 Å². The molecular formula is C16H23N5O2S. The zero-order valence-electron chi connectivity index (χ0n) is 14.1. The Labute approximate surface area is 142 Å². The summed E-state index contributed by atoms with van der Waals surface area (Å²) in [6, 6.07) is 8.04. The number of nitrogens with one attached hydrogen (secondary N) is 2. The van der Waals surface area contributed by atoms with Gasteiger partial charge in [0.15, 0.2) is 0 Å². The summed E-state index contributed by atoms with van der Waals surface area (Å²) in [5.74, 6) is 0.819. The Kier molecular flexibility index (Phi) is 5.74. The second-order valence-corrected chi connectivity index (χ2v) is 7.65. The molecule has 8 heteroatoms. The molecule has 1 aromatic heterocycles. The van der Waals surface area contributed by atoms with Crippen molar-refractivity contribution in [3.63, 3.8) is 0 Å². The third-order valence-electron chi connectivity index (χ3n) is 3.28. The van der Waals surface area contributed by atoms with Gasteiger partial charge in [0.2, 0.25) is 16.0 Å². The molecule has 24 heavy (non-hydrogen) atoms. The van der Waals surface area contributed by atoms with Crippen molar-refractivity contribution in [1.29, 1.82) is 0 Å². The number of anilines is 2. The molecule has 0 aliphatic heterocycles. The van der Waals surface area contributed by atoms with Crippen molar-refractivity contribution in [2.24, 2.45) is 0 Å². The molecule has 2 rings (SSSR count). The van der Waals surface area contributed by atoms with E-state index in [1.807, 2.05) is 19.9 Å². The van der Waals surface area contributed by atoms with Gasteiger partial charge in [0.05, 0.1) is 11.9 Å². The van der Waals surface area contributed by atoms with Gasteiger partial charge < -0.3 is 11.1 Å². The quantitative estimate of drug-likeness (QED) is 0.656. The summed E-state index contributed by atoms with van der Waals surface area (Å²) in [5, 5.41) is 3.15. The van der Waals surface area contributed by atoms with Crippen molar-refractivity contribution < 1.29 is 8.42 Å². The van der Waals surface area contributed by atoms with E-state index in [0.29, 0.717) is 25.3 Å². The van der Waals surface area contributed by atoms with Crippen LogP contribution in [0.2, 0.25) is 0 Å². The maximum absolute atomic E-state index is 11.0. The number of nitrogen functional groups attached to an aromatic ring is 1. The minimum atomic E-state index is -3.15. The largest absolute Gasteiger partial charge is 0.370 e. The second kappa shape index (κ2) is 7.59. The standard InChI is InChI=1S/C16H23N5O2S/c1-11-7-12(2)9-13(8-11)14-10-15(21-16(17)20-14)18-5-4-6-19-24(3,22)23/h7-10,19H,4-6H2,1-3H3,(H3,17,18,20,21). The van der Waals surface area contributed by atoms with Gasteiger partial charge in [-0.1, -0.05) is 17.2 Å². The highest BCUT2D eigenvalue weighted by Gasteiger charge is 2.06. The molecule has 0 amide bonds. The Morgan fingerprint density at radius 1 is 1.04 bits per heavy atom. The van der Waals surface area contributed by atoms with Crippen molar-refractivity contribution in [3.8, 4) is 11.3 Å². The first kappa shape index (κ1) is 18.2. The molecular weight excluding hydrogens is 326 g/mol. The first-order valence-corrected chi connectivity index (χ1v) is 9.54. The molecule has 0 radical (unpaired) electrons. The van der Waals surface area contributed by atoms with Crippen molar-refractivity contribution in [1.82, 2.24) is 14.7 Å². The van der Waals surface area contributed by atoms with Crippen LogP contribution in [0.4, 0.5) is 11.8 Å². The third-order valence-corrected chi connectivity index (χ3v) is 4.01. The van der Waals surface area contributed by atoms with Crippen LogP contribution in [0.15, 0.2) is 24.3 Å². The number of benzene rings is 1. The summed E-state index contributed by atoms with van der Waals surface area (Å²) < 4.78 is 24.4. The van der Waals surface area contributed by atoms with Gasteiger partial charge in [0.1, 0.15) is 5.82 Å². The summed E-state index contributed by atoms with van der Waals surface area (Å²) in [7, 11) is -3.15. The maximum atomic E-state index is 11.0. The third kappa shape index (κ3) is 5.78. The molecule has 0 atom stereocenters.